The van der Waals surface area contributed by atoms with Crippen LogP contribution in [0.5, 0.6) is 0 Å². The second-order valence-corrected chi connectivity index (χ2v) is 2.30. The van der Waals surface area contributed by atoms with Crippen molar-refractivity contribution in [3.63, 3.8) is 0 Å². The van der Waals surface area contributed by atoms with E-state index in [0.29, 0.717) is 6.54 Å². The van der Waals surface area contributed by atoms with Gasteiger partial charge in [0.25, 0.3) is 0 Å². The molecule has 1 aromatic rings. The Morgan fingerprint density at radius 1 is 1.30 bits per heavy atom. The van der Waals surface area contributed by atoms with Crippen LogP contribution in [0.4, 0.5) is 0 Å². The molecule has 1 aromatic heterocycles. The summed E-state index contributed by atoms with van der Waals surface area (Å²) in [5.74, 6) is 0. The molecule has 0 bridgehead atoms. The first kappa shape index (κ1) is 7.27. The Labute approximate surface area is 60.6 Å². The fourth-order valence-corrected chi connectivity index (χ4v) is 0.871. The van der Waals surface area contributed by atoms with Crippen molar-refractivity contribution in [2.75, 3.05) is 0 Å². The average molecular weight is 152 g/mol. The maximum atomic E-state index is 9.95. The van der Waals surface area contributed by atoms with Crippen LogP contribution in [-0.2, 0) is 11.1 Å². The molecule has 0 aromatic carbocycles. The monoisotopic (exact) mass is 152 g/mol. The number of hydrogen-bond acceptors (Lipinski definition) is 1. The van der Waals surface area contributed by atoms with Crippen LogP contribution in [0.15, 0.2) is 30.6 Å². The molecule has 0 aliphatic heterocycles. The van der Waals surface area contributed by atoms with Crippen LogP contribution < -0.4 is 4.57 Å². The van der Waals surface area contributed by atoms with Crippen molar-refractivity contribution in [3.05, 3.63) is 30.6 Å². The standard InChI is InChI=1S/C7H7NOP/c9-10-7-6-8-4-2-1-3-5-8/h1-5H,6H2/q+1. The summed E-state index contributed by atoms with van der Waals surface area (Å²) in [4.78, 5) is 0. The van der Waals surface area contributed by atoms with Crippen molar-refractivity contribution < 1.29 is 9.13 Å². The van der Waals surface area contributed by atoms with Crippen molar-refractivity contribution in [2.24, 2.45) is 0 Å². The van der Waals surface area contributed by atoms with Gasteiger partial charge in [-0.2, -0.15) is 0 Å². The molecule has 0 fully saturated rings. The molecular formula is C7H7NOP+. The van der Waals surface area contributed by atoms with Crippen LogP contribution in [0.2, 0.25) is 0 Å². The third-order valence-corrected chi connectivity index (χ3v) is 1.37. The molecule has 50 valence electrons. The molecule has 0 N–H and O–H groups in total. The number of rotatable bonds is 1. The van der Waals surface area contributed by atoms with Gasteiger partial charge in [0, 0.05) is 0 Å². The molecule has 0 spiro atoms. The van der Waals surface area contributed by atoms with E-state index in [1.807, 2.05) is 35.2 Å². The van der Waals surface area contributed by atoms with Crippen molar-refractivity contribution in [2.45, 2.75) is 6.54 Å². The summed E-state index contributed by atoms with van der Waals surface area (Å²) in [6, 6.07) is 5.78. The predicted octanol–water partition coefficient (Wildman–Crippen LogP) is 1.22. The van der Waals surface area contributed by atoms with Crippen molar-refractivity contribution in [1.29, 1.82) is 0 Å². The molecule has 0 aliphatic carbocycles. The fourth-order valence-electron chi connectivity index (χ4n) is 0.650. The summed E-state index contributed by atoms with van der Waals surface area (Å²) in [5, 5.41) is 0. The molecule has 1 rings (SSSR count). The molecule has 0 amide bonds. The Hall–Kier alpha value is -0.840. The van der Waals surface area contributed by atoms with Gasteiger partial charge in [-0.3, -0.25) is 0 Å². The first-order valence-corrected chi connectivity index (χ1v) is 3.74. The molecular weight excluding hydrogens is 145 g/mol. The van der Waals surface area contributed by atoms with Gasteiger partial charge in [0.15, 0.2) is 0 Å². The van der Waals surface area contributed by atoms with E-state index in [1.165, 1.54) is 0 Å². The maximum absolute atomic E-state index is 9.95. The van der Waals surface area contributed by atoms with Crippen LogP contribution in [0.25, 0.3) is 0 Å². The van der Waals surface area contributed by atoms with E-state index in [1.54, 1.807) is 0 Å². The second kappa shape index (κ2) is 4.05. The first-order chi connectivity index (χ1) is 4.93. The van der Waals surface area contributed by atoms with Crippen molar-refractivity contribution in [1.82, 2.24) is 0 Å². The summed E-state index contributed by atoms with van der Waals surface area (Å²) in [6.45, 7) is 0.575. The van der Waals surface area contributed by atoms with Crippen LogP contribution in [0.1, 0.15) is 0 Å². The van der Waals surface area contributed by atoms with Gasteiger partial charge in [-0.05, 0) is 0 Å². The van der Waals surface area contributed by atoms with E-state index >= 15 is 0 Å². The molecule has 0 saturated carbocycles. The normalized spacial score (nSPS) is 8.40. The van der Waals surface area contributed by atoms with Crippen LogP contribution in [0.3, 0.4) is 0 Å². The van der Waals surface area contributed by atoms with E-state index in [4.69, 9.17) is 0 Å². The third kappa shape index (κ3) is 2.18. The molecule has 0 atom stereocenters. The van der Waals surface area contributed by atoms with Gasteiger partial charge in [-0.25, -0.2) is 0 Å². The molecule has 0 saturated heterocycles. The Bertz CT molecular complexity index is 290. The SMILES string of the molecule is O=P#CC[n+]1ccccc1. The summed E-state index contributed by atoms with van der Waals surface area (Å²) < 4.78 is 11.8. The molecule has 0 radical (unpaired) electrons. The number of pyridine rings is 1. The second-order valence-electron chi connectivity index (χ2n) is 1.80. The van der Waals surface area contributed by atoms with Gasteiger partial charge in [0.05, 0.1) is 0 Å². The van der Waals surface area contributed by atoms with E-state index < -0.39 is 0 Å². The summed E-state index contributed by atoms with van der Waals surface area (Å²) in [7, 11) is -0.0309. The van der Waals surface area contributed by atoms with Crippen LogP contribution in [0, 0.1) is 5.63 Å². The van der Waals surface area contributed by atoms with Gasteiger partial charge in [0.2, 0.25) is 0 Å². The summed E-state index contributed by atoms with van der Waals surface area (Å²) in [6.07, 6.45) is 3.80. The third-order valence-electron chi connectivity index (χ3n) is 1.10. The van der Waals surface area contributed by atoms with E-state index in [-0.39, 0.29) is 7.92 Å². The van der Waals surface area contributed by atoms with E-state index in [2.05, 4.69) is 5.63 Å². The Morgan fingerprint density at radius 2 is 2.00 bits per heavy atom. The zero-order valence-electron chi connectivity index (χ0n) is 5.40. The van der Waals surface area contributed by atoms with Crippen molar-refractivity contribution in [3.8, 4) is 5.63 Å². The molecule has 0 aliphatic rings. The van der Waals surface area contributed by atoms with Crippen molar-refractivity contribution >= 4 is 7.92 Å². The zero-order chi connectivity index (χ0) is 7.23. The molecule has 3 heteroatoms. The van der Waals surface area contributed by atoms with Gasteiger partial charge >= 0.3 is 59.8 Å². The minimum absolute atomic E-state index is 0.0309. The van der Waals surface area contributed by atoms with Crippen LogP contribution >= 0.6 is 7.92 Å². The molecule has 0 unspecified atom stereocenters. The Balaban J connectivity index is 2.73. The van der Waals surface area contributed by atoms with Crippen LogP contribution in [-0.4, -0.2) is 0 Å². The minimum atomic E-state index is -0.0309. The Morgan fingerprint density at radius 3 is 2.60 bits per heavy atom. The van der Waals surface area contributed by atoms with Gasteiger partial charge in [-0.15, -0.1) is 0 Å². The Kier molecular flexibility index (Phi) is 2.95. The van der Waals surface area contributed by atoms with Gasteiger partial charge in [-0.1, -0.05) is 0 Å². The number of aromatic nitrogens is 1. The van der Waals surface area contributed by atoms with E-state index in [0.717, 1.165) is 0 Å². The van der Waals surface area contributed by atoms with Gasteiger partial charge in [0.1, 0.15) is 0 Å². The summed E-state index contributed by atoms with van der Waals surface area (Å²) >= 11 is 0. The molecule has 10 heavy (non-hydrogen) atoms. The molecule has 1 heterocycles. The predicted molar refractivity (Wildman–Crippen MR) is 38.1 cm³/mol. The average Bonchev–Trinajstić information content (AvgIpc) is 2.03. The fraction of sp³-hybridized carbons (Fsp3) is 0.143. The summed E-state index contributed by atoms with van der Waals surface area (Å²) in [5.41, 5.74) is 2.64. The first-order valence-electron chi connectivity index (χ1n) is 2.93. The number of nitrogens with zero attached hydrogens (tertiary/aromatic N) is 1. The topological polar surface area (TPSA) is 20.9 Å². The van der Waals surface area contributed by atoms with Gasteiger partial charge < -0.3 is 0 Å². The number of hydrogen-bond donors (Lipinski definition) is 0. The molecule has 2 nitrogen and oxygen atoms in total. The van der Waals surface area contributed by atoms with E-state index in [9.17, 15) is 4.57 Å². The zero-order valence-corrected chi connectivity index (χ0v) is 6.29. The quantitative estimate of drug-likeness (QED) is 0.438.